The highest BCUT2D eigenvalue weighted by atomic mass is 16.6. The Bertz CT molecular complexity index is 840. The third-order valence-electron chi connectivity index (χ3n) is 4.40. The number of anilines is 2. The van der Waals surface area contributed by atoms with Gasteiger partial charge < -0.3 is 15.0 Å². The molecule has 1 unspecified atom stereocenters. The van der Waals surface area contributed by atoms with Gasteiger partial charge in [-0.25, -0.2) is 4.98 Å². The summed E-state index contributed by atoms with van der Waals surface area (Å²) in [7, 11) is 1.54. The first kappa shape index (κ1) is 17.7. The number of aromatic nitrogens is 1. The van der Waals surface area contributed by atoms with Gasteiger partial charge in [0.15, 0.2) is 0 Å². The SMILES string of the molecule is COc1ccc(C)cc1NC(=O)C1CCCN1c1ncccc1[N+](=O)[O-]. The predicted octanol–water partition coefficient (Wildman–Crippen LogP) is 2.91. The molecule has 2 heterocycles. The molecule has 0 aliphatic carbocycles. The van der Waals surface area contributed by atoms with Gasteiger partial charge in [-0.15, -0.1) is 0 Å². The van der Waals surface area contributed by atoms with Crippen molar-refractivity contribution in [2.45, 2.75) is 25.8 Å². The molecule has 8 nitrogen and oxygen atoms in total. The quantitative estimate of drug-likeness (QED) is 0.653. The fraction of sp³-hybridized carbons (Fsp3) is 0.333. The molecule has 8 heteroatoms. The second-order valence-corrected chi connectivity index (χ2v) is 6.15. The molecule has 1 atom stereocenters. The minimum absolute atomic E-state index is 0.0969. The van der Waals surface area contributed by atoms with Crippen LogP contribution in [0.5, 0.6) is 5.75 Å². The maximum Gasteiger partial charge on any atom is 0.311 e. The van der Waals surface area contributed by atoms with Crippen LogP contribution in [-0.4, -0.2) is 35.5 Å². The Morgan fingerprint density at radius 1 is 1.42 bits per heavy atom. The molecule has 0 bridgehead atoms. The van der Waals surface area contributed by atoms with E-state index < -0.39 is 11.0 Å². The molecular formula is C18H20N4O4. The summed E-state index contributed by atoms with van der Waals surface area (Å²) in [5.74, 6) is 0.565. The monoisotopic (exact) mass is 356 g/mol. The molecular weight excluding hydrogens is 336 g/mol. The van der Waals surface area contributed by atoms with Crippen molar-refractivity contribution < 1.29 is 14.5 Å². The number of carbonyl (C=O) groups is 1. The molecule has 1 aromatic heterocycles. The maximum absolute atomic E-state index is 12.9. The highest BCUT2D eigenvalue weighted by Gasteiger charge is 2.35. The minimum atomic E-state index is -0.520. The van der Waals surface area contributed by atoms with Crippen LogP contribution in [0, 0.1) is 17.0 Å². The second kappa shape index (κ2) is 7.38. The van der Waals surface area contributed by atoms with Gasteiger partial charge in [0.1, 0.15) is 11.8 Å². The molecule has 1 amide bonds. The molecule has 2 aromatic rings. The van der Waals surface area contributed by atoms with Crippen molar-refractivity contribution in [3.05, 3.63) is 52.2 Å². The number of nitrogens with zero attached hydrogens (tertiary/aromatic N) is 3. The standard InChI is InChI=1S/C18H20N4O4/c1-12-7-8-16(26-2)13(11-12)20-18(23)15-6-4-10-21(15)17-14(22(24)25)5-3-9-19-17/h3,5,7-9,11,15H,4,6,10H2,1-2H3,(H,20,23). The molecule has 1 fully saturated rings. The topological polar surface area (TPSA) is 97.6 Å². The average Bonchev–Trinajstić information content (AvgIpc) is 3.11. The zero-order valence-corrected chi connectivity index (χ0v) is 14.6. The smallest absolute Gasteiger partial charge is 0.311 e. The number of carbonyl (C=O) groups excluding carboxylic acids is 1. The number of ether oxygens (including phenoxy) is 1. The van der Waals surface area contributed by atoms with Crippen LogP contribution in [0.25, 0.3) is 0 Å². The number of pyridine rings is 1. The van der Waals surface area contributed by atoms with E-state index in [1.165, 1.54) is 18.3 Å². The Kier molecular flexibility index (Phi) is 5.01. The van der Waals surface area contributed by atoms with Crippen LogP contribution < -0.4 is 15.0 Å². The van der Waals surface area contributed by atoms with E-state index in [0.717, 1.165) is 12.0 Å². The molecule has 1 N–H and O–H groups in total. The van der Waals surface area contributed by atoms with Gasteiger partial charge in [-0.1, -0.05) is 6.07 Å². The normalized spacial score (nSPS) is 16.4. The van der Waals surface area contributed by atoms with Crippen LogP contribution in [-0.2, 0) is 4.79 Å². The first-order valence-corrected chi connectivity index (χ1v) is 8.33. The van der Waals surface area contributed by atoms with Gasteiger partial charge in [0.05, 0.1) is 17.7 Å². The number of benzene rings is 1. The summed E-state index contributed by atoms with van der Waals surface area (Å²) in [6.45, 7) is 2.47. The molecule has 1 aliphatic heterocycles. The molecule has 0 saturated carbocycles. The second-order valence-electron chi connectivity index (χ2n) is 6.15. The van der Waals surface area contributed by atoms with Gasteiger partial charge in [0.2, 0.25) is 11.7 Å². The van der Waals surface area contributed by atoms with Gasteiger partial charge in [-0.05, 0) is 43.5 Å². The Labute approximate surface area is 150 Å². The molecule has 1 aliphatic rings. The fourth-order valence-electron chi connectivity index (χ4n) is 3.18. The predicted molar refractivity (Wildman–Crippen MR) is 97.6 cm³/mol. The Balaban J connectivity index is 1.86. The number of amides is 1. The van der Waals surface area contributed by atoms with Crippen LogP contribution in [0.15, 0.2) is 36.5 Å². The van der Waals surface area contributed by atoms with Crippen molar-refractivity contribution in [1.82, 2.24) is 4.98 Å². The Hall–Kier alpha value is -3.16. The van der Waals surface area contributed by atoms with Crippen LogP contribution in [0.1, 0.15) is 18.4 Å². The van der Waals surface area contributed by atoms with Crippen molar-refractivity contribution in [3.63, 3.8) is 0 Å². The van der Waals surface area contributed by atoms with Crippen LogP contribution in [0.3, 0.4) is 0 Å². The Morgan fingerprint density at radius 2 is 2.23 bits per heavy atom. The summed E-state index contributed by atoms with van der Waals surface area (Å²) in [6.07, 6.45) is 2.86. The molecule has 1 saturated heterocycles. The molecule has 0 radical (unpaired) electrons. The van der Waals surface area contributed by atoms with E-state index in [1.807, 2.05) is 19.1 Å². The van der Waals surface area contributed by atoms with Crippen molar-refractivity contribution >= 4 is 23.1 Å². The summed E-state index contributed by atoms with van der Waals surface area (Å²) in [6, 6.07) is 7.92. The lowest BCUT2D eigenvalue weighted by Crippen LogP contribution is -2.40. The summed E-state index contributed by atoms with van der Waals surface area (Å²) in [5, 5.41) is 14.2. The molecule has 136 valence electrons. The van der Waals surface area contributed by atoms with Crippen molar-refractivity contribution in [2.75, 3.05) is 23.9 Å². The van der Waals surface area contributed by atoms with E-state index in [-0.39, 0.29) is 17.4 Å². The highest BCUT2D eigenvalue weighted by molar-refractivity contribution is 5.98. The molecule has 26 heavy (non-hydrogen) atoms. The van der Waals surface area contributed by atoms with Gasteiger partial charge >= 0.3 is 5.69 Å². The van der Waals surface area contributed by atoms with Crippen LogP contribution >= 0.6 is 0 Å². The highest BCUT2D eigenvalue weighted by Crippen LogP contribution is 2.32. The first-order chi connectivity index (χ1) is 12.5. The van der Waals surface area contributed by atoms with E-state index in [0.29, 0.717) is 24.4 Å². The third kappa shape index (κ3) is 3.44. The van der Waals surface area contributed by atoms with Crippen molar-refractivity contribution in [1.29, 1.82) is 0 Å². The number of methoxy groups -OCH3 is 1. The van der Waals surface area contributed by atoms with Crippen LogP contribution in [0.2, 0.25) is 0 Å². The third-order valence-corrected chi connectivity index (χ3v) is 4.40. The summed E-state index contributed by atoms with van der Waals surface area (Å²) in [4.78, 5) is 29.5. The zero-order valence-electron chi connectivity index (χ0n) is 14.6. The lowest BCUT2D eigenvalue weighted by Gasteiger charge is -2.24. The van der Waals surface area contributed by atoms with E-state index in [9.17, 15) is 14.9 Å². The number of aryl methyl sites for hydroxylation is 1. The van der Waals surface area contributed by atoms with E-state index >= 15 is 0 Å². The number of nitrogens with one attached hydrogen (secondary N) is 1. The average molecular weight is 356 g/mol. The fourth-order valence-corrected chi connectivity index (χ4v) is 3.18. The van der Waals surface area contributed by atoms with E-state index in [1.54, 1.807) is 18.1 Å². The number of nitro groups is 1. The molecule has 3 rings (SSSR count). The first-order valence-electron chi connectivity index (χ1n) is 8.33. The van der Waals surface area contributed by atoms with Gasteiger partial charge in [0.25, 0.3) is 0 Å². The number of hydrogen-bond acceptors (Lipinski definition) is 6. The van der Waals surface area contributed by atoms with Gasteiger partial charge in [-0.2, -0.15) is 0 Å². The van der Waals surface area contributed by atoms with Crippen molar-refractivity contribution in [2.24, 2.45) is 0 Å². The van der Waals surface area contributed by atoms with E-state index in [4.69, 9.17) is 4.74 Å². The van der Waals surface area contributed by atoms with Crippen LogP contribution in [0.4, 0.5) is 17.2 Å². The summed E-state index contributed by atoms with van der Waals surface area (Å²) in [5.41, 5.74) is 1.48. The lowest BCUT2D eigenvalue weighted by molar-refractivity contribution is -0.384. The molecule has 0 spiro atoms. The lowest BCUT2D eigenvalue weighted by atomic mass is 10.1. The number of rotatable bonds is 5. The minimum Gasteiger partial charge on any atom is -0.495 e. The maximum atomic E-state index is 12.9. The summed E-state index contributed by atoms with van der Waals surface area (Å²) < 4.78 is 5.30. The molecule has 1 aromatic carbocycles. The summed E-state index contributed by atoms with van der Waals surface area (Å²) >= 11 is 0. The zero-order chi connectivity index (χ0) is 18.7. The number of hydrogen-bond donors (Lipinski definition) is 1. The largest absolute Gasteiger partial charge is 0.495 e. The van der Waals surface area contributed by atoms with Crippen molar-refractivity contribution in [3.8, 4) is 5.75 Å². The van der Waals surface area contributed by atoms with Gasteiger partial charge in [-0.3, -0.25) is 14.9 Å². The van der Waals surface area contributed by atoms with Gasteiger partial charge in [0, 0.05) is 18.8 Å². The Morgan fingerprint density at radius 3 is 2.96 bits per heavy atom. The van der Waals surface area contributed by atoms with E-state index in [2.05, 4.69) is 10.3 Å².